The molecule has 0 saturated carbocycles. The molecule has 32 heavy (non-hydrogen) atoms. The average molecular weight is 431 g/mol. The Morgan fingerprint density at radius 3 is 2.09 bits per heavy atom. The van der Waals surface area contributed by atoms with Gasteiger partial charge >= 0.3 is 0 Å². The fourth-order valence-corrected chi connectivity index (χ4v) is 4.13. The molecule has 1 aliphatic rings. The third-order valence-electron chi connectivity index (χ3n) is 6.12. The number of piperidine rings is 1. The van der Waals surface area contributed by atoms with Gasteiger partial charge in [0.1, 0.15) is 5.82 Å². The van der Waals surface area contributed by atoms with Crippen LogP contribution in [0.3, 0.4) is 0 Å². The largest absolute Gasteiger partial charge is 0.349 e. The van der Waals surface area contributed by atoms with E-state index in [0.717, 1.165) is 16.7 Å². The molecule has 1 unspecified atom stereocenters. The second-order valence-corrected chi connectivity index (χ2v) is 8.29. The van der Waals surface area contributed by atoms with E-state index in [1.165, 1.54) is 24.3 Å². The zero-order valence-corrected chi connectivity index (χ0v) is 18.1. The molecule has 4 nitrogen and oxygen atoms in total. The molecule has 1 saturated heterocycles. The number of nitrogens with zero attached hydrogens (tertiary/aromatic N) is 1. The first-order chi connectivity index (χ1) is 15.5. The molecular weight excluding hydrogens is 403 g/mol. The SMILES string of the molecule is CC(NC(=O)C1CCN(C(=O)c2ccc(F)cc2)CC1)c1ccc(-c2ccccc2)cc1. The summed E-state index contributed by atoms with van der Waals surface area (Å²) in [4.78, 5) is 27.1. The van der Waals surface area contributed by atoms with Gasteiger partial charge in [0.05, 0.1) is 6.04 Å². The van der Waals surface area contributed by atoms with E-state index in [1.807, 2.05) is 25.1 Å². The van der Waals surface area contributed by atoms with Gasteiger partial charge in [-0.2, -0.15) is 0 Å². The lowest BCUT2D eigenvalue weighted by Crippen LogP contribution is -2.43. The standard InChI is InChI=1S/C27H27FN2O2/c1-19(20-7-9-22(10-8-20)21-5-3-2-4-6-21)29-26(31)23-15-17-30(18-16-23)27(32)24-11-13-25(28)14-12-24/h2-14,19,23H,15-18H2,1H3,(H,29,31). The molecule has 3 aromatic carbocycles. The lowest BCUT2D eigenvalue weighted by molar-refractivity contribution is -0.127. The van der Waals surface area contributed by atoms with Gasteiger partial charge in [0, 0.05) is 24.6 Å². The minimum absolute atomic E-state index is 0.0264. The summed E-state index contributed by atoms with van der Waals surface area (Å²) in [5.74, 6) is -0.562. The summed E-state index contributed by atoms with van der Waals surface area (Å²) < 4.78 is 13.1. The van der Waals surface area contributed by atoms with Crippen LogP contribution in [0.4, 0.5) is 4.39 Å². The van der Waals surface area contributed by atoms with Gasteiger partial charge in [-0.05, 0) is 60.7 Å². The molecule has 1 fully saturated rings. The molecule has 5 heteroatoms. The van der Waals surface area contributed by atoms with Crippen LogP contribution >= 0.6 is 0 Å². The Labute approximate surface area is 188 Å². The maximum absolute atomic E-state index is 13.1. The molecule has 1 N–H and O–H groups in total. The summed E-state index contributed by atoms with van der Waals surface area (Å²) >= 11 is 0. The first-order valence-corrected chi connectivity index (χ1v) is 11.0. The van der Waals surface area contributed by atoms with Crippen LogP contribution in [0.5, 0.6) is 0 Å². The summed E-state index contributed by atoms with van der Waals surface area (Å²) in [6.45, 7) is 3.03. The number of carbonyl (C=O) groups is 2. The molecule has 0 bridgehead atoms. The van der Waals surface area contributed by atoms with E-state index in [0.29, 0.717) is 31.5 Å². The summed E-state index contributed by atoms with van der Waals surface area (Å²) in [5.41, 5.74) is 3.84. The van der Waals surface area contributed by atoms with E-state index in [-0.39, 0.29) is 29.6 Å². The van der Waals surface area contributed by atoms with Crippen LogP contribution in [0.25, 0.3) is 11.1 Å². The van der Waals surface area contributed by atoms with Crippen LogP contribution in [0, 0.1) is 11.7 Å². The number of carbonyl (C=O) groups excluding carboxylic acids is 2. The highest BCUT2D eigenvalue weighted by atomic mass is 19.1. The molecule has 2 amide bonds. The van der Waals surface area contributed by atoms with Gasteiger partial charge in [-0.15, -0.1) is 0 Å². The highest BCUT2D eigenvalue weighted by Gasteiger charge is 2.28. The van der Waals surface area contributed by atoms with Gasteiger partial charge < -0.3 is 10.2 Å². The number of hydrogen-bond acceptors (Lipinski definition) is 2. The first kappa shape index (κ1) is 21.8. The summed E-state index contributed by atoms with van der Waals surface area (Å²) in [6, 6.07) is 23.9. The maximum atomic E-state index is 13.1. The van der Waals surface area contributed by atoms with Crippen LogP contribution in [-0.4, -0.2) is 29.8 Å². The molecule has 0 radical (unpaired) electrons. The lowest BCUT2D eigenvalue weighted by Gasteiger charge is -2.32. The minimum atomic E-state index is -0.360. The Morgan fingerprint density at radius 2 is 1.47 bits per heavy atom. The lowest BCUT2D eigenvalue weighted by atomic mass is 9.94. The van der Waals surface area contributed by atoms with Gasteiger partial charge in [-0.1, -0.05) is 54.6 Å². The number of benzene rings is 3. The Bertz CT molecular complexity index is 1060. The van der Waals surface area contributed by atoms with Gasteiger partial charge in [-0.3, -0.25) is 9.59 Å². The van der Waals surface area contributed by atoms with Crippen molar-refractivity contribution in [2.75, 3.05) is 13.1 Å². The molecule has 3 aromatic rings. The number of likely N-dealkylation sites (tertiary alicyclic amines) is 1. The van der Waals surface area contributed by atoms with Crippen LogP contribution in [0.15, 0.2) is 78.9 Å². The molecule has 1 atom stereocenters. The summed E-state index contributed by atoms with van der Waals surface area (Å²) in [6.07, 6.45) is 1.25. The van der Waals surface area contributed by atoms with E-state index >= 15 is 0 Å². The van der Waals surface area contributed by atoms with E-state index < -0.39 is 0 Å². The molecule has 4 rings (SSSR count). The third-order valence-corrected chi connectivity index (χ3v) is 6.12. The molecule has 0 aromatic heterocycles. The molecule has 0 spiro atoms. The minimum Gasteiger partial charge on any atom is -0.349 e. The molecule has 164 valence electrons. The second-order valence-electron chi connectivity index (χ2n) is 8.29. The highest BCUT2D eigenvalue weighted by Crippen LogP contribution is 2.24. The van der Waals surface area contributed by atoms with Gasteiger partial charge in [0.15, 0.2) is 0 Å². The van der Waals surface area contributed by atoms with Crippen molar-refractivity contribution in [1.82, 2.24) is 10.2 Å². The number of halogens is 1. The Morgan fingerprint density at radius 1 is 0.875 bits per heavy atom. The Kier molecular flexibility index (Phi) is 6.64. The first-order valence-electron chi connectivity index (χ1n) is 11.0. The molecule has 0 aliphatic carbocycles. The zero-order chi connectivity index (χ0) is 22.5. The fraction of sp³-hybridized carbons (Fsp3) is 0.259. The van der Waals surface area contributed by atoms with Crippen LogP contribution in [0.1, 0.15) is 41.7 Å². The maximum Gasteiger partial charge on any atom is 0.253 e. The Balaban J connectivity index is 1.30. The normalized spacial score (nSPS) is 15.2. The monoisotopic (exact) mass is 430 g/mol. The molecule has 1 aliphatic heterocycles. The predicted molar refractivity (Wildman–Crippen MR) is 123 cm³/mol. The zero-order valence-electron chi connectivity index (χ0n) is 18.1. The van der Waals surface area contributed by atoms with Crippen molar-refractivity contribution in [1.29, 1.82) is 0 Å². The van der Waals surface area contributed by atoms with Crippen LogP contribution in [0.2, 0.25) is 0 Å². The van der Waals surface area contributed by atoms with E-state index in [2.05, 4.69) is 41.7 Å². The van der Waals surface area contributed by atoms with Gasteiger partial charge in [0.2, 0.25) is 5.91 Å². The highest BCUT2D eigenvalue weighted by molar-refractivity contribution is 5.94. The topological polar surface area (TPSA) is 49.4 Å². The van der Waals surface area contributed by atoms with Crippen molar-refractivity contribution < 1.29 is 14.0 Å². The predicted octanol–water partition coefficient (Wildman–Crippen LogP) is 5.22. The van der Waals surface area contributed by atoms with Crippen molar-refractivity contribution in [2.24, 2.45) is 5.92 Å². The van der Waals surface area contributed by atoms with Crippen molar-refractivity contribution in [2.45, 2.75) is 25.8 Å². The van der Waals surface area contributed by atoms with E-state index in [9.17, 15) is 14.0 Å². The number of amides is 2. The van der Waals surface area contributed by atoms with Gasteiger partial charge in [0.25, 0.3) is 5.91 Å². The average Bonchev–Trinajstić information content (AvgIpc) is 2.85. The van der Waals surface area contributed by atoms with Crippen molar-refractivity contribution >= 4 is 11.8 Å². The smallest absolute Gasteiger partial charge is 0.253 e. The van der Waals surface area contributed by atoms with Crippen LogP contribution < -0.4 is 5.32 Å². The number of rotatable bonds is 5. The van der Waals surface area contributed by atoms with Crippen molar-refractivity contribution in [3.05, 3.63) is 95.8 Å². The Hall–Kier alpha value is -3.47. The van der Waals surface area contributed by atoms with Gasteiger partial charge in [-0.25, -0.2) is 4.39 Å². The van der Waals surface area contributed by atoms with Crippen molar-refractivity contribution in [3.8, 4) is 11.1 Å². The number of hydrogen-bond donors (Lipinski definition) is 1. The van der Waals surface area contributed by atoms with E-state index in [1.54, 1.807) is 4.90 Å². The number of nitrogens with one attached hydrogen (secondary N) is 1. The fourth-order valence-electron chi connectivity index (χ4n) is 4.13. The summed E-state index contributed by atoms with van der Waals surface area (Å²) in [5, 5.41) is 3.12. The quantitative estimate of drug-likeness (QED) is 0.603. The second kappa shape index (κ2) is 9.77. The van der Waals surface area contributed by atoms with E-state index in [4.69, 9.17) is 0 Å². The van der Waals surface area contributed by atoms with Crippen LogP contribution in [-0.2, 0) is 4.79 Å². The molecular formula is C27H27FN2O2. The molecule has 1 heterocycles. The third kappa shape index (κ3) is 5.05. The van der Waals surface area contributed by atoms with Crippen molar-refractivity contribution in [3.63, 3.8) is 0 Å². The summed E-state index contributed by atoms with van der Waals surface area (Å²) in [7, 11) is 0.